The molecule has 0 saturated carbocycles. The topological polar surface area (TPSA) is 100 Å². The number of Topliss-reactive ketones (excluding diaryl/α,β-unsaturated/α-hetero) is 1. The highest BCUT2D eigenvalue weighted by atomic mass is 16.6. The average Bonchev–Trinajstić information content (AvgIpc) is 2.61. The van der Waals surface area contributed by atoms with Gasteiger partial charge in [-0.25, -0.2) is 4.79 Å². The molecule has 148 valence electrons. The van der Waals surface area contributed by atoms with Gasteiger partial charge in [-0.1, -0.05) is 0 Å². The van der Waals surface area contributed by atoms with Gasteiger partial charge >= 0.3 is 12.1 Å². The molecule has 0 unspecified atom stereocenters. The van der Waals surface area contributed by atoms with E-state index in [1.165, 1.54) is 0 Å². The minimum Gasteiger partial charge on any atom is -0.486 e. The van der Waals surface area contributed by atoms with Crippen molar-refractivity contribution in [2.45, 2.75) is 39.2 Å². The molecule has 1 heterocycles. The third kappa shape index (κ3) is 7.16. The monoisotopic (exact) mass is 379 g/mol. The fourth-order valence-corrected chi connectivity index (χ4v) is 2.26. The molecule has 0 aromatic heterocycles. The summed E-state index contributed by atoms with van der Waals surface area (Å²) in [5.41, 5.74) is -0.185. The van der Waals surface area contributed by atoms with Gasteiger partial charge < -0.3 is 24.3 Å². The second-order valence-corrected chi connectivity index (χ2v) is 6.97. The highest BCUT2D eigenvalue weighted by molar-refractivity contribution is 5.98. The summed E-state index contributed by atoms with van der Waals surface area (Å²) in [6.45, 7) is 6.13. The zero-order chi connectivity index (χ0) is 19.9. The molecule has 8 heteroatoms. The number of alkyl carbamates (subject to hydrolysis) is 1. The summed E-state index contributed by atoms with van der Waals surface area (Å²) in [6, 6.07) is 4.84. The van der Waals surface area contributed by atoms with Crippen LogP contribution in [0.3, 0.4) is 0 Å². The molecule has 1 aromatic carbocycles. The third-order valence-corrected chi connectivity index (χ3v) is 3.45. The maximum absolute atomic E-state index is 12.1. The van der Waals surface area contributed by atoms with E-state index in [0.29, 0.717) is 36.7 Å². The van der Waals surface area contributed by atoms with E-state index >= 15 is 0 Å². The molecule has 1 N–H and O–H groups in total. The van der Waals surface area contributed by atoms with Gasteiger partial charge in [0.05, 0.1) is 0 Å². The van der Waals surface area contributed by atoms with E-state index in [0.717, 1.165) is 0 Å². The first-order valence-electron chi connectivity index (χ1n) is 8.80. The Balaban J connectivity index is 1.66. The number of ether oxygens (including phenoxy) is 4. The Morgan fingerprint density at radius 2 is 1.81 bits per heavy atom. The number of ketones is 1. The van der Waals surface area contributed by atoms with Crippen molar-refractivity contribution < 1.29 is 33.3 Å². The number of carbonyl (C=O) groups is 3. The van der Waals surface area contributed by atoms with Gasteiger partial charge in [-0.15, -0.1) is 0 Å². The Labute approximate surface area is 158 Å². The maximum Gasteiger partial charge on any atom is 0.407 e. The van der Waals surface area contributed by atoms with Gasteiger partial charge in [0.25, 0.3) is 0 Å². The molecule has 1 aliphatic rings. The summed E-state index contributed by atoms with van der Waals surface area (Å²) in [6.07, 6.45) is -0.0646. The molecule has 1 aromatic rings. The molecule has 2 rings (SSSR count). The van der Waals surface area contributed by atoms with Crippen LogP contribution in [0.25, 0.3) is 0 Å². The number of esters is 1. The smallest absolute Gasteiger partial charge is 0.407 e. The summed E-state index contributed by atoms with van der Waals surface area (Å²) < 4.78 is 20.9. The Morgan fingerprint density at radius 1 is 1.11 bits per heavy atom. The normalized spacial score (nSPS) is 12.9. The van der Waals surface area contributed by atoms with Crippen LogP contribution in [0.15, 0.2) is 18.2 Å². The largest absolute Gasteiger partial charge is 0.486 e. The number of fused-ring (bicyclic) bond motifs is 1. The second kappa shape index (κ2) is 9.25. The molecular weight excluding hydrogens is 354 g/mol. The first-order valence-corrected chi connectivity index (χ1v) is 8.80. The van der Waals surface area contributed by atoms with Gasteiger partial charge in [-0.2, -0.15) is 0 Å². The molecule has 1 amide bonds. The average molecular weight is 379 g/mol. The van der Waals surface area contributed by atoms with Gasteiger partial charge in [-0.05, 0) is 45.4 Å². The van der Waals surface area contributed by atoms with Gasteiger partial charge in [-0.3, -0.25) is 9.59 Å². The lowest BCUT2D eigenvalue weighted by atomic mass is 10.1. The van der Waals surface area contributed by atoms with Crippen molar-refractivity contribution >= 4 is 17.8 Å². The molecule has 0 atom stereocenters. The Kier molecular flexibility index (Phi) is 7.04. The maximum atomic E-state index is 12.1. The van der Waals surface area contributed by atoms with Crippen LogP contribution in [0.4, 0.5) is 4.79 Å². The quantitative estimate of drug-likeness (QED) is 0.441. The van der Waals surface area contributed by atoms with E-state index in [4.69, 9.17) is 18.9 Å². The Hall–Kier alpha value is -2.77. The molecule has 27 heavy (non-hydrogen) atoms. The minimum atomic E-state index is -0.572. The fourth-order valence-electron chi connectivity index (χ4n) is 2.26. The Morgan fingerprint density at radius 3 is 2.52 bits per heavy atom. The molecular formula is C19H25NO7. The molecule has 0 radical (unpaired) electrons. The third-order valence-electron chi connectivity index (χ3n) is 3.45. The van der Waals surface area contributed by atoms with Crippen molar-refractivity contribution in [3.63, 3.8) is 0 Å². The summed E-state index contributed by atoms with van der Waals surface area (Å²) in [7, 11) is 0. The molecule has 0 saturated heterocycles. The standard InChI is InChI=1S/C19H25NO7/c1-19(2,3)27-18(23)20-8-4-5-17(22)26-12-14(21)13-6-7-15-16(11-13)25-10-9-24-15/h6-7,11H,4-5,8-10,12H2,1-3H3,(H,20,23). The zero-order valence-corrected chi connectivity index (χ0v) is 15.8. The first-order chi connectivity index (χ1) is 12.7. The van der Waals surface area contributed by atoms with Crippen molar-refractivity contribution in [1.82, 2.24) is 5.32 Å². The van der Waals surface area contributed by atoms with E-state index in [1.807, 2.05) is 0 Å². The van der Waals surface area contributed by atoms with Crippen molar-refractivity contribution in [3.8, 4) is 11.5 Å². The van der Waals surface area contributed by atoms with E-state index in [1.54, 1.807) is 39.0 Å². The highest BCUT2D eigenvalue weighted by Crippen LogP contribution is 2.30. The van der Waals surface area contributed by atoms with Crippen molar-refractivity contribution in [2.75, 3.05) is 26.4 Å². The molecule has 0 fully saturated rings. The number of carbonyl (C=O) groups excluding carboxylic acids is 3. The molecule has 0 aliphatic carbocycles. The lowest BCUT2D eigenvalue weighted by Crippen LogP contribution is -2.33. The molecule has 8 nitrogen and oxygen atoms in total. The van der Waals surface area contributed by atoms with Crippen molar-refractivity contribution in [3.05, 3.63) is 23.8 Å². The summed E-state index contributed by atoms with van der Waals surface area (Å²) in [5, 5.41) is 2.55. The van der Waals surface area contributed by atoms with Crippen LogP contribution in [-0.2, 0) is 14.3 Å². The van der Waals surface area contributed by atoms with Crippen LogP contribution < -0.4 is 14.8 Å². The van der Waals surface area contributed by atoms with Crippen LogP contribution in [0.2, 0.25) is 0 Å². The summed E-state index contributed by atoms with van der Waals surface area (Å²) in [4.78, 5) is 35.3. The minimum absolute atomic E-state index is 0.0875. The second-order valence-electron chi connectivity index (χ2n) is 6.97. The zero-order valence-electron chi connectivity index (χ0n) is 15.8. The van der Waals surface area contributed by atoms with Crippen molar-refractivity contribution in [1.29, 1.82) is 0 Å². The molecule has 0 spiro atoms. The van der Waals surface area contributed by atoms with Gasteiger partial charge in [0.2, 0.25) is 0 Å². The van der Waals surface area contributed by atoms with Gasteiger partial charge in [0.1, 0.15) is 18.8 Å². The fraction of sp³-hybridized carbons (Fsp3) is 0.526. The van der Waals surface area contributed by atoms with E-state index < -0.39 is 17.7 Å². The predicted octanol–water partition coefficient (Wildman–Crippen LogP) is 2.49. The van der Waals surface area contributed by atoms with Crippen LogP contribution in [-0.4, -0.2) is 49.8 Å². The SMILES string of the molecule is CC(C)(C)OC(=O)NCCCC(=O)OCC(=O)c1ccc2c(c1)OCCO2. The van der Waals surface area contributed by atoms with Crippen LogP contribution >= 0.6 is 0 Å². The van der Waals surface area contributed by atoms with E-state index in [2.05, 4.69) is 5.32 Å². The number of hydrogen-bond acceptors (Lipinski definition) is 7. The van der Waals surface area contributed by atoms with Crippen molar-refractivity contribution in [2.24, 2.45) is 0 Å². The molecule has 1 aliphatic heterocycles. The van der Waals surface area contributed by atoms with E-state index in [-0.39, 0.29) is 25.4 Å². The number of hydrogen-bond donors (Lipinski definition) is 1. The lowest BCUT2D eigenvalue weighted by molar-refractivity contribution is -0.142. The number of nitrogens with one attached hydrogen (secondary N) is 1. The highest BCUT2D eigenvalue weighted by Gasteiger charge is 2.17. The van der Waals surface area contributed by atoms with Crippen LogP contribution in [0.1, 0.15) is 44.0 Å². The van der Waals surface area contributed by atoms with Gasteiger partial charge in [0, 0.05) is 18.5 Å². The summed E-state index contributed by atoms with van der Waals surface area (Å²) >= 11 is 0. The van der Waals surface area contributed by atoms with Crippen LogP contribution in [0, 0.1) is 0 Å². The first kappa shape index (κ1) is 20.5. The number of rotatable bonds is 7. The molecule has 0 bridgehead atoms. The Bertz CT molecular complexity index is 694. The van der Waals surface area contributed by atoms with E-state index in [9.17, 15) is 14.4 Å². The van der Waals surface area contributed by atoms with Gasteiger partial charge in [0.15, 0.2) is 23.9 Å². The van der Waals surface area contributed by atoms with Crippen LogP contribution in [0.5, 0.6) is 11.5 Å². The number of benzene rings is 1. The predicted molar refractivity (Wildman–Crippen MR) is 96.2 cm³/mol. The number of amides is 1. The summed E-state index contributed by atoms with van der Waals surface area (Å²) in [5.74, 6) is 0.262. The lowest BCUT2D eigenvalue weighted by Gasteiger charge is -2.19.